The molecule has 0 bridgehead atoms. The number of carbonyl (C=O) groups excluding carboxylic acids is 4. The summed E-state index contributed by atoms with van der Waals surface area (Å²) in [5.41, 5.74) is 0. The van der Waals surface area contributed by atoms with Crippen LogP contribution < -0.4 is 0 Å². The van der Waals surface area contributed by atoms with Crippen LogP contribution >= 0.6 is 0 Å². The fourth-order valence-corrected chi connectivity index (χ4v) is 1.37. The van der Waals surface area contributed by atoms with Crippen LogP contribution in [-0.4, -0.2) is 62.5 Å². The molecule has 0 atom stereocenters. The number of hydrogen-bond donors (Lipinski definition) is 0. The predicted molar refractivity (Wildman–Crippen MR) is 75.2 cm³/mol. The lowest BCUT2D eigenvalue weighted by Gasteiger charge is -2.23. The Balaban J connectivity index is 4.67. The second kappa shape index (κ2) is 11.4. The molecule has 0 aromatic rings. The third kappa shape index (κ3) is 13.2. The van der Waals surface area contributed by atoms with Gasteiger partial charge in [-0.05, 0) is 0 Å². The second-order valence-electron chi connectivity index (χ2n) is 4.59. The Hall–Kier alpha value is -2.16. The fourth-order valence-electron chi connectivity index (χ4n) is 1.37. The Kier molecular flexibility index (Phi) is 10.3. The number of ether oxygens (including phenoxy) is 5. The van der Waals surface area contributed by atoms with Gasteiger partial charge in [0.1, 0.15) is 38.6 Å². The van der Waals surface area contributed by atoms with E-state index in [-0.39, 0.29) is 26.4 Å². The van der Waals surface area contributed by atoms with Crippen molar-refractivity contribution in [2.75, 3.05) is 26.4 Å². The molecule has 0 spiro atoms. The molecular formula is C14H22O9. The minimum Gasteiger partial charge on any atom is -0.463 e. The van der Waals surface area contributed by atoms with E-state index in [1.807, 2.05) is 0 Å². The van der Waals surface area contributed by atoms with Crippen molar-refractivity contribution in [1.82, 2.24) is 0 Å². The molecule has 0 unspecified atom stereocenters. The molecule has 0 saturated carbocycles. The van der Waals surface area contributed by atoms with Gasteiger partial charge in [0.25, 0.3) is 0 Å². The summed E-state index contributed by atoms with van der Waals surface area (Å²) < 4.78 is 24.8. The topological polar surface area (TPSA) is 114 Å². The van der Waals surface area contributed by atoms with Gasteiger partial charge in [-0.1, -0.05) is 0 Å². The van der Waals surface area contributed by atoms with Crippen molar-refractivity contribution in [2.24, 2.45) is 0 Å². The summed E-state index contributed by atoms with van der Waals surface area (Å²) in [6.07, 6.45) is -1.59. The van der Waals surface area contributed by atoms with Gasteiger partial charge < -0.3 is 23.7 Å². The van der Waals surface area contributed by atoms with Gasteiger partial charge in [0.15, 0.2) is 0 Å². The fraction of sp³-hybridized carbons (Fsp3) is 0.714. The first-order valence-electron chi connectivity index (χ1n) is 6.89. The summed E-state index contributed by atoms with van der Waals surface area (Å²) in [4.78, 5) is 43.5. The largest absolute Gasteiger partial charge is 0.463 e. The maximum Gasteiger partial charge on any atom is 0.302 e. The molecule has 0 aliphatic carbocycles. The average Bonchev–Trinajstić information content (AvgIpc) is 2.43. The molecule has 0 rings (SSSR count). The van der Waals surface area contributed by atoms with Gasteiger partial charge in [-0.25, -0.2) is 0 Å². The Labute approximate surface area is 134 Å². The Morgan fingerprint density at radius 1 is 0.565 bits per heavy atom. The highest BCUT2D eigenvalue weighted by atomic mass is 16.6. The first-order valence-corrected chi connectivity index (χ1v) is 6.89. The normalized spacial score (nSPS) is 10.3. The summed E-state index contributed by atoms with van der Waals surface area (Å²) in [5.74, 6) is -2.12. The zero-order valence-electron chi connectivity index (χ0n) is 13.7. The Morgan fingerprint density at radius 3 is 0.957 bits per heavy atom. The smallest absolute Gasteiger partial charge is 0.302 e. The maximum atomic E-state index is 10.9. The van der Waals surface area contributed by atoms with Gasteiger partial charge in [0.2, 0.25) is 0 Å². The van der Waals surface area contributed by atoms with E-state index in [0.29, 0.717) is 0 Å². The van der Waals surface area contributed by atoms with Crippen molar-refractivity contribution >= 4 is 23.9 Å². The van der Waals surface area contributed by atoms with Crippen molar-refractivity contribution in [3.8, 4) is 0 Å². The molecule has 0 amide bonds. The van der Waals surface area contributed by atoms with Crippen LogP contribution in [0.1, 0.15) is 27.7 Å². The van der Waals surface area contributed by atoms with Crippen LogP contribution in [-0.2, 0) is 42.9 Å². The molecule has 23 heavy (non-hydrogen) atoms. The molecule has 0 aromatic carbocycles. The molecular weight excluding hydrogens is 312 g/mol. The van der Waals surface area contributed by atoms with E-state index in [0.717, 1.165) is 0 Å². The summed E-state index contributed by atoms with van der Waals surface area (Å²) in [6, 6.07) is 0. The molecule has 0 saturated heterocycles. The van der Waals surface area contributed by atoms with Crippen molar-refractivity contribution in [1.29, 1.82) is 0 Å². The van der Waals surface area contributed by atoms with Gasteiger partial charge in [-0.2, -0.15) is 0 Å². The third-order valence-corrected chi connectivity index (χ3v) is 2.27. The minimum absolute atomic E-state index is 0.167. The van der Waals surface area contributed by atoms with Crippen molar-refractivity contribution in [2.45, 2.75) is 39.9 Å². The molecule has 0 radical (unpaired) electrons. The number of carbonyl (C=O) groups is 4. The van der Waals surface area contributed by atoms with Gasteiger partial charge in [-0.15, -0.1) is 0 Å². The standard InChI is InChI=1S/C14H22O9/c1-9(15)19-5-13(6-20-10(2)16)23-14(7-21-11(3)17)8-22-12(4)18/h13-14H,5-8H2,1-4H3. The highest BCUT2D eigenvalue weighted by molar-refractivity contribution is 5.67. The molecule has 0 aliphatic rings. The molecule has 0 aliphatic heterocycles. The van der Waals surface area contributed by atoms with E-state index in [9.17, 15) is 19.2 Å². The SMILES string of the molecule is CC(=O)OCC(COC(C)=O)OC(COC(C)=O)COC(C)=O. The van der Waals surface area contributed by atoms with Crippen molar-refractivity contribution < 1.29 is 42.9 Å². The molecule has 0 heterocycles. The van der Waals surface area contributed by atoms with Gasteiger partial charge in [0, 0.05) is 27.7 Å². The highest BCUT2D eigenvalue weighted by Crippen LogP contribution is 2.05. The van der Waals surface area contributed by atoms with Crippen LogP contribution in [0, 0.1) is 0 Å². The van der Waals surface area contributed by atoms with E-state index in [4.69, 9.17) is 23.7 Å². The van der Waals surface area contributed by atoms with Crippen LogP contribution in [0.5, 0.6) is 0 Å². The zero-order valence-corrected chi connectivity index (χ0v) is 13.7. The summed E-state index contributed by atoms with van der Waals surface area (Å²) >= 11 is 0. The lowest BCUT2D eigenvalue weighted by atomic mass is 10.3. The lowest BCUT2D eigenvalue weighted by molar-refractivity contribution is -0.167. The first-order chi connectivity index (χ1) is 10.7. The monoisotopic (exact) mass is 334 g/mol. The molecule has 0 fully saturated rings. The van der Waals surface area contributed by atoms with E-state index in [1.54, 1.807) is 0 Å². The summed E-state index contributed by atoms with van der Waals surface area (Å²) in [7, 11) is 0. The van der Waals surface area contributed by atoms with Crippen LogP contribution in [0.15, 0.2) is 0 Å². The molecule has 0 aromatic heterocycles. The van der Waals surface area contributed by atoms with Crippen molar-refractivity contribution in [3.63, 3.8) is 0 Å². The molecule has 0 N–H and O–H groups in total. The van der Waals surface area contributed by atoms with Gasteiger partial charge >= 0.3 is 23.9 Å². The van der Waals surface area contributed by atoms with E-state index >= 15 is 0 Å². The van der Waals surface area contributed by atoms with E-state index in [1.165, 1.54) is 27.7 Å². The average molecular weight is 334 g/mol. The van der Waals surface area contributed by atoms with Gasteiger partial charge in [-0.3, -0.25) is 19.2 Å². The minimum atomic E-state index is -0.793. The van der Waals surface area contributed by atoms with Crippen molar-refractivity contribution in [3.05, 3.63) is 0 Å². The number of esters is 4. The summed E-state index contributed by atoms with van der Waals surface area (Å²) in [6.45, 7) is 4.21. The molecule has 132 valence electrons. The van der Waals surface area contributed by atoms with E-state index < -0.39 is 36.1 Å². The molecule has 9 heteroatoms. The quantitative estimate of drug-likeness (QED) is 0.402. The van der Waals surface area contributed by atoms with Crippen LogP contribution in [0.25, 0.3) is 0 Å². The van der Waals surface area contributed by atoms with Crippen LogP contribution in [0.3, 0.4) is 0 Å². The maximum absolute atomic E-state index is 10.9. The van der Waals surface area contributed by atoms with Gasteiger partial charge in [0.05, 0.1) is 0 Å². The first kappa shape index (κ1) is 20.8. The zero-order chi connectivity index (χ0) is 17.8. The number of rotatable bonds is 10. The Bertz CT molecular complexity index is 344. The molecule has 9 nitrogen and oxygen atoms in total. The number of hydrogen-bond acceptors (Lipinski definition) is 9. The van der Waals surface area contributed by atoms with Crippen LogP contribution in [0.2, 0.25) is 0 Å². The highest BCUT2D eigenvalue weighted by Gasteiger charge is 2.21. The van der Waals surface area contributed by atoms with Crippen LogP contribution in [0.4, 0.5) is 0 Å². The lowest BCUT2D eigenvalue weighted by Crippen LogP contribution is -2.37. The second-order valence-corrected chi connectivity index (χ2v) is 4.59. The summed E-state index contributed by atoms with van der Waals surface area (Å²) in [5, 5.41) is 0. The third-order valence-electron chi connectivity index (χ3n) is 2.27. The van der Waals surface area contributed by atoms with E-state index in [2.05, 4.69) is 0 Å². The Morgan fingerprint density at radius 2 is 0.783 bits per heavy atom. The predicted octanol–water partition coefficient (Wildman–Crippen LogP) is -0.00740.